The van der Waals surface area contributed by atoms with Crippen molar-refractivity contribution in [3.63, 3.8) is 0 Å². The van der Waals surface area contributed by atoms with Gasteiger partial charge in [0.2, 0.25) is 0 Å². The van der Waals surface area contributed by atoms with Crippen LogP contribution in [0.5, 0.6) is 11.5 Å². The van der Waals surface area contributed by atoms with Gasteiger partial charge < -0.3 is 18.7 Å². The molecule has 0 spiro atoms. The monoisotopic (exact) mass is 323 g/mol. The molecule has 1 aliphatic heterocycles. The second-order valence-electron chi connectivity index (χ2n) is 5.56. The van der Waals surface area contributed by atoms with Gasteiger partial charge in [-0.15, -0.1) is 0 Å². The Kier molecular flexibility index (Phi) is 4.16. The molecule has 0 bridgehead atoms. The third kappa shape index (κ3) is 3.26. The van der Waals surface area contributed by atoms with Crippen molar-refractivity contribution in [3.8, 4) is 22.8 Å². The van der Waals surface area contributed by atoms with Gasteiger partial charge in [0, 0.05) is 11.6 Å². The summed E-state index contributed by atoms with van der Waals surface area (Å²) >= 11 is 0. The Hall–Kier alpha value is -2.79. The van der Waals surface area contributed by atoms with Gasteiger partial charge in [0.15, 0.2) is 23.4 Å². The SMILES string of the molecule is c1ccc(-c2cc(COCC3COc4ccccc4O3)on2)cc1. The minimum Gasteiger partial charge on any atom is -0.486 e. The van der Waals surface area contributed by atoms with E-state index in [1.165, 1.54) is 0 Å². The first-order valence-corrected chi connectivity index (χ1v) is 7.86. The molecule has 122 valence electrons. The number of hydrogen-bond donors (Lipinski definition) is 0. The zero-order chi connectivity index (χ0) is 16.2. The number of rotatable bonds is 5. The van der Waals surface area contributed by atoms with Crippen LogP contribution < -0.4 is 9.47 Å². The topological polar surface area (TPSA) is 53.7 Å². The lowest BCUT2D eigenvalue weighted by Gasteiger charge is -2.26. The molecular formula is C19H17NO4. The van der Waals surface area contributed by atoms with Gasteiger partial charge in [-0.25, -0.2) is 0 Å². The van der Waals surface area contributed by atoms with Crippen molar-refractivity contribution >= 4 is 0 Å². The van der Waals surface area contributed by atoms with E-state index in [0.717, 1.165) is 22.8 Å². The molecular weight excluding hydrogens is 306 g/mol. The minimum absolute atomic E-state index is 0.128. The zero-order valence-corrected chi connectivity index (χ0v) is 13.1. The predicted molar refractivity (Wildman–Crippen MR) is 87.9 cm³/mol. The third-order valence-electron chi connectivity index (χ3n) is 3.74. The fourth-order valence-corrected chi connectivity index (χ4v) is 2.56. The fraction of sp³-hybridized carbons (Fsp3) is 0.211. The van der Waals surface area contributed by atoms with E-state index in [-0.39, 0.29) is 6.10 Å². The van der Waals surface area contributed by atoms with Gasteiger partial charge in [-0.1, -0.05) is 47.6 Å². The number of fused-ring (bicyclic) bond motifs is 1. The molecule has 0 N–H and O–H groups in total. The van der Waals surface area contributed by atoms with Crippen LogP contribution in [0.4, 0.5) is 0 Å². The molecule has 1 unspecified atom stereocenters. The summed E-state index contributed by atoms with van der Waals surface area (Å²) in [6.45, 7) is 1.25. The quantitative estimate of drug-likeness (QED) is 0.716. The van der Waals surface area contributed by atoms with Crippen LogP contribution in [0.2, 0.25) is 0 Å². The lowest BCUT2D eigenvalue weighted by Crippen LogP contribution is -2.33. The number of benzene rings is 2. The summed E-state index contributed by atoms with van der Waals surface area (Å²) in [7, 11) is 0. The standard InChI is InChI=1S/C19H17NO4/c1-2-6-14(7-3-1)17-10-15(24-20-17)11-21-12-16-13-22-18-8-4-5-9-19(18)23-16/h1-10,16H,11-13H2. The molecule has 5 nitrogen and oxygen atoms in total. The highest BCUT2D eigenvalue weighted by Crippen LogP contribution is 2.30. The maximum atomic E-state index is 5.85. The molecule has 2 aromatic carbocycles. The average Bonchev–Trinajstić information content (AvgIpc) is 3.11. The van der Waals surface area contributed by atoms with E-state index >= 15 is 0 Å². The minimum atomic E-state index is -0.128. The Balaban J connectivity index is 1.30. The van der Waals surface area contributed by atoms with Crippen molar-refractivity contribution in [2.24, 2.45) is 0 Å². The van der Waals surface area contributed by atoms with Gasteiger partial charge in [0.25, 0.3) is 0 Å². The van der Waals surface area contributed by atoms with Crippen LogP contribution >= 0.6 is 0 Å². The van der Waals surface area contributed by atoms with E-state index in [4.69, 9.17) is 18.7 Å². The van der Waals surface area contributed by atoms with Crippen LogP contribution in [0.3, 0.4) is 0 Å². The summed E-state index contributed by atoms with van der Waals surface area (Å²) in [5.74, 6) is 2.21. The predicted octanol–water partition coefficient (Wildman–Crippen LogP) is 3.70. The number of ether oxygens (including phenoxy) is 3. The van der Waals surface area contributed by atoms with Crippen molar-refractivity contribution in [2.75, 3.05) is 13.2 Å². The zero-order valence-electron chi connectivity index (χ0n) is 13.1. The van der Waals surface area contributed by atoms with Crippen molar-refractivity contribution < 1.29 is 18.7 Å². The summed E-state index contributed by atoms with van der Waals surface area (Å²) in [6.07, 6.45) is -0.128. The van der Waals surface area contributed by atoms with Gasteiger partial charge in [0.05, 0.1) is 6.61 Å². The maximum Gasteiger partial charge on any atom is 0.163 e. The Bertz CT molecular complexity index is 800. The summed E-state index contributed by atoms with van der Waals surface area (Å²) in [4.78, 5) is 0. The highest BCUT2D eigenvalue weighted by atomic mass is 16.6. The Morgan fingerprint density at radius 3 is 2.67 bits per heavy atom. The van der Waals surface area contributed by atoms with E-state index in [2.05, 4.69) is 5.16 Å². The molecule has 3 aromatic rings. The van der Waals surface area contributed by atoms with Gasteiger partial charge in [-0.3, -0.25) is 0 Å². The first-order valence-electron chi connectivity index (χ1n) is 7.86. The van der Waals surface area contributed by atoms with E-state index in [0.29, 0.717) is 25.6 Å². The second-order valence-corrected chi connectivity index (χ2v) is 5.56. The van der Waals surface area contributed by atoms with Crippen molar-refractivity contribution in [1.82, 2.24) is 5.16 Å². The molecule has 1 aromatic heterocycles. The van der Waals surface area contributed by atoms with Gasteiger partial charge >= 0.3 is 0 Å². The van der Waals surface area contributed by atoms with E-state index in [1.807, 2.05) is 60.7 Å². The van der Waals surface area contributed by atoms with E-state index in [1.54, 1.807) is 0 Å². The largest absolute Gasteiger partial charge is 0.486 e. The van der Waals surface area contributed by atoms with Crippen LogP contribution in [-0.2, 0) is 11.3 Å². The Labute approximate surface area is 139 Å². The number of para-hydroxylation sites is 2. The molecule has 4 rings (SSSR count). The number of nitrogens with zero attached hydrogens (tertiary/aromatic N) is 1. The van der Waals surface area contributed by atoms with E-state index in [9.17, 15) is 0 Å². The Morgan fingerprint density at radius 1 is 1.00 bits per heavy atom. The van der Waals surface area contributed by atoms with Crippen LogP contribution in [0.15, 0.2) is 65.2 Å². The van der Waals surface area contributed by atoms with E-state index < -0.39 is 0 Å². The first kappa shape index (κ1) is 14.8. The summed E-state index contributed by atoms with van der Waals surface area (Å²) in [5.41, 5.74) is 1.83. The smallest absolute Gasteiger partial charge is 0.163 e. The van der Waals surface area contributed by atoms with Crippen LogP contribution in [0.25, 0.3) is 11.3 Å². The van der Waals surface area contributed by atoms with Crippen molar-refractivity contribution in [2.45, 2.75) is 12.7 Å². The second kappa shape index (κ2) is 6.76. The van der Waals surface area contributed by atoms with Crippen LogP contribution in [-0.4, -0.2) is 24.5 Å². The van der Waals surface area contributed by atoms with Crippen LogP contribution in [0, 0.1) is 0 Å². The van der Waals surface area contributed by atoms with Crippen molar-refractivity contribution in [3.05, 3.63) is 66.4 Å². The van der Waals surface area contributed by atoms with Crippen molar-refractivity contribution in [1.29, 1.82) is 0 Å². The highest BCUT2D eigenvalue weighted by Gasteiger charge is 2.20. The fourth-order valence-electron chi connectivity index (χ4n) is 2.56. The molecule has 0 fully saturated rings. The highest BCUT2D eigenvalue weighted by molar-refractivity contribution is 5.58. The molecule has 2 heterocycles. The Morgan fingerprint density at radius 2 is 1.79 bits per heavy atom. The lowest BCUT2D eigenvalue weighted by molar-refractivity contribution is -0.00263. The third-order valence-corrected chi connectivity index (χ3v) is 3.74. The maximum absolute atomic E-state index is 5.85. The normalized spacial score (nSPS) is 16.1. The number of aromatic nitrogens is 1. The average molecular weight is 323 g/mol. The molecule has 0 radical (unpaired) electrons. The molecule has 1 aliphatic rings. The number of hydrogen-bond acceptors (Lipinski definition) is 5. The summed E-state index contributed by atoms with van der Waals surface area (Å²) in [6, 6.07) is 19.4. The van der Waals surface area contributed by atoms with Gasteiger partial charge in [-0.05, 0) is 12.1 Å². The molecule has 0 amide bonds. The molecule has 24 heavy (non-hydrogen) atoms. The molecule has 1 atom stereocenters. The molecule has 0 saturated heterocycles. The molecule has 0 saturated carbocycles. The van der Waals surface area contributed by atoms with Gasteiger partial charge in [0.1, 0.15) is 18.9 Å². The first-order chi connectivity index (χ1) is 11.9. The summed E-state index contributed by atoms with van der Waals surface area (Å²) < 4.78 is 22.5. The van der Waals surface area contributed by atoms with Crippen LogP contribution in [0.1, 0.15) is 5.76 Å². The summed E-state index contributed by atoms with van der Waals surface area (Å²) in [5, 5.41) is 4.07. The molecule has 5 heteroatoms. The van der Waals surface area contributed by atoms with Gasteiger partial charge in [-0.2, -0.15) is 0 Å². The lowest BCUT2D eigenvalue weighted by atomic mass is 10.1. The molecule has 0 aliphatic carbocycles.